The van der Waals surface area contributed by atoms with E-state index in [2.05, 4.69) is 35.3 Å². The number of benzene rings is 2. The molecule has 132 valence electrons. The van der Waals surface area contributed by atoms with Crippen molar-refractivity contribution in [2.24, 2.45) is 0 Å². The monoisotopic (exact) mass is 338 g/mol. The first kappa shape index (κ1) is 17.6. The summed E-state index contributed by atoms with van der Waals surface area (Å²) < 4.78 is 5.37. The lowest BCUT2D eigenvalue weighted by Gasteiger charge is -2.29. The number of ether oxygens (including phenoxy) is 1. The smallest absolute Gasteiger partial charge is 0.251 e. The number of nitrogens with zero attached hydrogens (tertiary/aromatic N) is 1. The van der Waals surface area contributed by atoms with Gasteiger partial charge in [-0.1, -0.05) is 42.5 Å². The van der Waals surface area contributed by atoms with Crippen LogP contribution in [-0.2, 0) is 4.74 Å². The molecule has 2 aromatic carbocycles. The fourth-order valence-corrected chi connectivity index (χ4v) is 3.33. The average Bonchev–Trinajstić information content (AvgIpc) is 2.63. The molecule has 0 bridgehead atoms. The molecule has 1 aliphatic heterocycles. The zero-order valence-electron chi connectivity index (χ0n) is 15.0. The fourth-order valence-electron chi connectivity index (χ4n) is 3.33. The van der Waals surface area contributed by atoms with E-state index in [9.17, 15) is 4.79 Å². The number of rotatable bonds is 5. The minimum Gasteiger partial charge on any atom is -0.379 e. The molecule has 3 rings (SSSR count). The summed E-state index contributed by atoms with van der Waals surface area (Å²) in [7, 11) is 0. The molecule has 4 nitrogen and oxygen atoms in total. The van der Waals surface area contributed by atoms with Crippen LogP contribution in [0.5, 0.6) is 0 Å². The highest BCUT2D eigenvalue weighted by Crippen LogP contribution is 2.25. The summed E-state index contributed by atoms with van der Waals surface area (Å²) in [5.41, 5.74) is 4.00. The average molecular weight is 338 g/mol. The quantitative estimate of drug-likeness (QED) is 0.911. The summed E-state index contributed by atoms with van der Waals surface area (Å²) in [5, 5.41) is 3.14. The molecule has 1 atom stereocenters. The van der Waals surface area contributed by atoms with Gasteiger partial charge < -0.3 is 10.1 Å². The molecule has 0 radical (unpaired) electrons. The second-order valence-electron chi connectivity index (χ2n) is 6.63. The molecule has 1 N–H and O–H groups in total. The van der Waals surface area contributed by atoms with Gasteiger partial charge in [0.15, 0.2) is 0 Å². The van der Waals surface area contributed by atoms with Gasteiger partial charge in [-0.2, -0.15) is 0 Å². The Labute approximate surface area is 149 Å². The normalized spacial score (nSPS) is 16.4. The molecule has 1 fully saturated rings. The van der Waals surface area contributed by atoms with E-state index in [0.717, 1.165) is 55.1 Å². The van der Waals surface area contributed by atoms with Crippen LogP contribution in [-0.4, -0.2) is 49.7 Å². The summed E-state index contributed by atoms with van der Waals surface area (Å²) in [5.74, 6) is -0.00367. The molecular formula is C21H26N2O2. The highest BCUT2D eigenvalue weighted by atomic mass is 16.5. The van der Waals surface area contributed by atoms with Crippen molar-refractivity contribution >= 4 is 5.91 Å². The molecule has 1 aliphatic rings. The maximum atomic E-state index is 12.7. The van der Waals surface area contributed by atoms with Crippen LogP contribution < -0.4 is 5.32 Å². The highest BCUT2D eigenvalue weighted by Gasteiger charge is 2.18. The second-order valence-corrected chi connectivity index (χ2v) is 6.63. The Hall–Kier alpha value is -2.17. The van der Waals surface area contributed by atoms with Gasteiger partial charge in [-0.15, -0.1) is 0 Å². The predicted octanol–water partition coefficient (Wildman–Crippen LogP) is 3.11. The van der Waals surface area contributed by atoms with Gasteiger partial charge in [0, 0.05) is 31.2 Å². The van der Waals surface area contributed by atoms with E-state index in [1.54, 1.807) is 0 Å². The van der Waals surface area contributed by atoms with E-state index in [4.69, 9.17) is 4.74 Å². The van der Waals surface area contributed by atoms with Crippen LogP contribution in [0.1, 0.15) is 22.8 Å². The van der Waals surface area contributed by atoms with Crippen LogP contribution in [0.3, 0.4) is 0 Å². The van der Waals surface area contributed by atoms with Crippen molar-refractivity contribution < 1.29 is 9.53 Å². The number of amides is 1. The SMILES string of the molecule is Cc1c(C(=O)N[C@H](C)CN2CCOCC2)cccc1-c1ccccc1. The molecule has 4 heteroatoms. The van der Waals surface area contributed by atoms with E-state index < -0.39 is 0 Å². The molecule has 2 aromatic rings. The topological polar surface area (TPSA) is 41.6 Å². The minimum absolute atomic E-state index is 0.00367. The lowest BCUT2D eigenvalue weighted by atomic mass is 9.96. The maximum absolute atomic E-state index is 12.7. The first-order chi connectivity index (χ1) is 12.1. The molecule has 1 heterocycles. The summed E-state index contributed by atoms with van der Waals surface area (Å²) >= 11 is 0. The predicted molar refractivity (Wildman–Crippen MR) is 101 cm³/mol. The van der Waals surface area contributed by atoms with E-state index in [1.807, 2.05) is 37.3 Å². The maximum Gasteiger partial charge on any atom is 0.251 e. The summed E-state index contributed by atoms with van der Waals surface area (Å²) in [6.45, 7) is 8.35. The number of hydrogen-bond acceptors (Lipinski definition) is 3. The second kappa shape index (κ2) is 8.28. The van der Waals surface area contributed by atoms with Crippen LogP contribution >= 0.6 is 0 Å². The van der Waals surface area contributed by atoms with Crippen molar-refractivity contribution in [2.75, 3.05) is 32.8 Å². The number of morpholine rings is 1. The number of carbonyl (C=O) groups is 1. The standard InChI is InChI=1S/C21H26N2O2/c1-16(15-23-11-13-25-14-12-23)22-21(24)20-10-6-9-19(17(20)2)18-7-4-3-5-8-18/h3-10,16H,11-15H2,1-2H3,(H,22,24)/t16-/m1/s1. The molecule has 25 heavy (non-hydrogen) atoms. The van der Waals surface area contributed by atoms with E-state index in [0.29, 0.717) is 0 Å². The Bertz CT molecular complexity index is 709. The van der Waals surface area contributed by atoms with Gasteiger partial charge in [0.2, 0.25) is 0 Å². The largest absolute Gasteiger partial charge is 0.379 e. The molecular weight excluding hydrogens is 312 g/mol. The Morgan fingerprint density at radius 2 is 1.84 bits per heavy atom. The molecule has 0 aliphatic carbocycles. The molecule has 0 spiro atoms. The van der Waals surface area contributed by atoms with Crippen LogP contribution in [0, 0.1) is 6.92 Å². The van der Waals surface area contributed by atoms with Gasteiger partial charge >= 0.3 is 0 Å². The Balaban J connectivity index is 1.69. The van der Waals surface area contributed by atoms with Crippen molar-refractivity contribution in [3.63, 3.8) is 0 Å². The van der Waals surface area contributed by atoms with Crippen molar-refractivity contribution in [2.45, 2.75) is 19.9 Å². The highest BCUT2D eigenvalue weighted by molar-refractivity contribution is 5.97. The summed E-state index contributed by atoms with van der Waals surface area (Å²) in [6.07, 6.45) is 0. The number of nitrogens with one attached hydrogen (secondary N) is 1. The molecule has 0 aromatic heterocycles. The van der Waals surface area contributed by atoms with Crippen molar-refractivity contribution in [1.82, 2.24) is 10.2 Å². The van der Waals surface area contributed by atoms with E-state index in [1.165, 1.54) is 0 Å². The Kier molecular flexibility index (Phi) is 5.84. The first-order valence-electron chi connectivity index (χ1n) is 8.91. The van der Waals surface area contributed by atoms with Gasteiger partial charge in [0.05, 0.1) is 13.2 Å². The lowest BCUT2D eigenvalue weighted by Crippen LogP contribution is -2.46. The van der Waals surface area contributed by atoms with Gasteiger partial charge in [0.25, 0.3) is 5.91 Å². The Morgan fingerprint density at radius 3 is 2.56 bits per heavy atom. The third-order valence-electron chi connectivity index (χ3n) is 4.68. The van der Waals surface area contributed by atoms with Crippen LogP contribution in [0.25, 0.3) is 11.1 Å². The van der Waals surface area contributed by atoms with E-state index in [-0.39, 0.29) is 11.9 Å². The Morgan fingerprint density at radius 1 is 1.12 bits per heavy atom. The van der Waals surface area contributed by atoms with Gasteiger partial charge in [0.1, 0.15) is 0 Å². The first-order valence-corrected chi connectivity index (χ1v) is 8.91. The lowest BCUT2D eigenvalue weighted by molar-refractivity contribution is 0.0342. The third-order valence-corrected chi connectivity index (χ3v) is 4.68. The van der Waals surface area contributed by atoms with Crippen LogP contribution in [0.4, 0.5) is 0 Å². The molecule has 0 saturated carbocycles. The van der Waals surface area contributed by atoms with Crippen LogP contribution in [0.15, 0.2) is 48.5 Å². The van der Waals surface area contributed by atoms with E-state index >= 15 is 0 Å². The van der Waals surface area contributed by atoms with Crippen molar-refractivity contribution in [3.8, 4) is 11.1 Å². The van der Waals surface area contributed by atoms with Gasteiger partial charge in [-0.25, -0.2) is 0 Å². The number of carbonyl (C=O) groups excluding carboxylic acids is 1. The fraction of sp³-hybridized carbons (Fsp3) is 0.381. The zero-order valence-corrected chi connectivity index (χ0v) is 15.0. The third kappa shape index (κ3) is 4.47. The minimum atomic E-state index is -0.00367. The van der Waals surface area contributed by atoms with Gasteiger partial charge in [-0.3, -0.25) is 9.69 Å². The zero-order chi connectivity index (χ0) is 17.6. The molecule has 1 saturated heterocycles. The van der Waals surface area contributed by atoms with Crippen molar-refractivity contribution in [1.29, 1.82) is 0 Å². The van der Waals surface area contributed by atoms with Crippen LogP contribution in [0.2, 0.25) is 0 Å². The van der Waals surface area contributed by atoms with Crippen molar-refractivity contribution in [3.05, 3.63) is 59.7 Å². The number of hydrogen-bond donors (Lipinski definition) is 1. The summed E-state index contributed by atoms with van der Waals surface area (Å²) in [4.78, 5) is 15.1. The molecule has 0 unspecified atom stereocenters. The molecule has 1 amide bonds. The summed E-state index contributed by atoms with van der Waals surface area (Å²) in [6, 6.07) is 16.2. The van der Waals surface area contributed by atoms with Gasteiger partial charge in [-0.05, 0) is 36.6 Å².